The summed E-state index contributed by atoms with van der Waals surface area (Å²) in [7, 11) is 2.20. The Morgan fingerprint density at radius 3 is 3.11 bits per heavy atom. The summed E-state index contributed by atoms with van der Waals surface area (Å²) in [6.45, 7) is 3.40. The Morgan fingerprint density at radius 2 is 2.39 bits per heavy atom. The zero-order valence-electron chi connectivity index (χ0n) is 11.4. The van der Waals surface area contributed by atoms with E-state index in [9.17, 15) is 0 Å². The lowest BCUT2D eigenvalue weighted by Gasteiger charge is -2.24. The Morgan fingerprint density at radius 1 is 1.44 bits per heavy atom. The van der Waals surface area contributed by atoms with E-state index >= 15 is 0 Å². The van der Waals surface area contributed by atoms with Crippen LogP contribution in [0.4, 0.5) is 0 Å². The van der Waals surface area contributed by atoms with Crippen LogP contribution >= 0.6 is 0 Å². The molecule has 1 aromatic rings. The number of piperidine rings is 1. The van der Waals surface area contributed by atoms with Crippen molar-refractivity contribution in [3.8, 4) is 0 Å². The van der Waals surface area contributed by atoms with Crippen LogP contribution in [0.5, 0.6) is 0 Å². The molecule has 0 aliphatic carbocycles. The van der Waals surface area contributed by atoms with Gasteiger partial charge in [-0.3, -0.25) is 4.98 Å². The van der Waals surface area contributed by atoms with E-state index in [1.165, 1.54) is 50.8 Å². The first-order valence-corrected chi connectivity index (χ1v) is 7.15. The summed E-state index contributed by atoms with van der Waals surface area (Å²) in [4.78, 5) is 6.54. The van der Waals surface area contributed by atoms with Crippen LogP contribution in [0.25, 0.3) is 0 Å². The standard InChI is InChI=1S/C15H25N3/c1-18(13-14-6-4-9-16-12-14)11-5-8-15-7-2-3-10-17-15/h4,6,9,12,15,17H,2-3,5,7-8,10-11,13H2,1H3. The Balaban J connectivity index is 1.61. The molecule has 1 N–H and O–H groups in total. The lowest BCUT2D eigenvalue weighted by atomic mass is 10.0. The summed E-state index contributed by atoms with van der Waals surface area (Å²) in [5, 5.41) is 3.61. The number of nitrogens with zero attached hydrogens (tertiary/aromatic N) is 2. The highest BCUT2D eigenvalue weighted by Gasteiger charge is 2.12. The Hall–Kier alpha value is -0.930. The van der Waals surface area contributed by atoms with Crippen molar-refractivity contribution in [1.82, 2.24) is 15.2 Å². The predicted molar refractivity (Wildman–Crippen MR) is 75.4 cm³/mol. The molecule has 0 saturated carbocycles. The molecule has 0 radical (unpaired) electrons. The van der Waals surface area contributed by atoms with Crippen LogP contribution in [0.3, 0.4) is 0 Å². The van der Waals surface area contributed by atoms with Gasteiger partial charge in [0.15, 0.2) is 0 Å². The van der Waals surface area contributed by atoms with E-state index in [-0.39, 0.29) is 0 Å². The van der Waals surface area contributed by atoms with Crippen molar-refractivity contribution in [3.63, 3.8) is 0 Å². The highest BCUT2D eigenvalue weighted by Crippen LogP contribution is 2.12. The largest absolute Gasteiger partial charge is 0.314 e. The monoisotopic (exact) mass is 247 g/mol. The fourth-order valence-corrected chi connectivity index (χ4v) is 2.66. The molecule has 0 amide bonds. The minimum atomic E-state index is 0.769. The Kier molecular flexibility index (Phi) is 5.62. The molecule has 1 aliphatic rings. The highest BCUT2D eigenvalue weighted by atomic mass is 15.1. The number of hydrogen-bond donors (Lipinski definition) is 1. The quantitative estimate of drug-likeness (QED) is 0.837. The van der Waals surface area contributed by atoms with Gasteiger partial charge in [-0.15, -0.1) is 0 Å². The molecule has 1 atom stereocenters. The topological polar surface area (TPSA) is 28.2 Å². The first-order chi connectivity index (χ1) is 8.84. The smallest absolute Gasteiger partial charge is 0.0312 e. The molecular weight excluding hydrogens is 222 g/mol. The fraction of sp³-hybridized carbons (Fsp3) is 0.667. The van der Waals surface area contributed by atoms with Crippen molar-refractivity contribution in [3.05, 3.63) is 30.1 Å². The molecular formula is C15H25N3. The van der Waals surface area contributed by atoms with Crippen molar-refractivity contribution in [2.75, 3.05) is 20.1 Å². The van der Waals surface area contributed by atoms with Crippen molar-refractivity contribution in [2.45, 2.75) is 44.7 Å². The summed E-state index contributed by atoms with van der Waals surface area (Å²) in [6.07, 6.45) is 10.5. The van der Waals surface area contributed by atoms with Crippen LogP contribution in [0, 0.1) is 0 Å². The molecule has 1 fully saturated rings. The van der Waals surface area contributed by atoms with Gasteiger partial charge in [0.1, 0.15) is 0 Å². The molecule has 100 valence electrons. The van der Waals surface area contributed by atoms with Gasteiger partial charge in [0, 0.05) is 25.0 Å². The predicted octanol–water partition coefficient (Wildman–Crippen LogP) is 2.44. The third kappa shape index (κ3) is 4.75. The molecule has 0 spiro atoms. The van der Waals surface area contributed by atoms with E-state index < -0.39 is 0 Å². The van der Waals surface area contributed by atoms with Crippen LogP contribution in [0.2, 0.25) is 0 Å². The minimum absolute atomic E-state index is 0.769. The summed E-state index contributed by atoms with van der Waals surface area (Å²) < 4.78 is 0. The zero-order valence-corrected chi connectivity index (χ0v) is 11.4. The van der Waals surface area contributed by atoms with E-state index in [0.717, 1.165) is 12.6 Å². The average molecular weight is 247 g/mol. The molecule has 1 aromatic heterocycles. The maximum atomic E-state index is 4.15. The van der Waals surface area contributed by atoms with Gasteiger partial charge in [0.05, 0.1) is 0 Å². The van der Waals surface area contributed by atoms with Crippen LogP contribution in [-0.4, -0.2) is 36.1 Å². The molecule has 3 heteroatoms. The maximum Gasteiger partial charge on any atom is 0.0312 e. The van der Waals surface area contributed by atoms with Crippen molar-refractivity contribution in [2.24, 2.45) is 0 Å². The van der Waals surface area contributed by atoms with Crippen LogP contribution in [-0.2, 0) is 6.54 Å². The van der Waals surface area contributed by atoms with E-state index in [4.69, 9.17) is 0 Å². The molecule has 0 bridgehead atoms. The van der Waals surface area contributed by atoms with Crippen molar-refractivity contribution < 1.29 is 0 Å². The minimum Gasteiger partial charge on any atom is -0.314 e. The van der Waals surface area contributed by atoms with Gasteiger partial charge in [-0.1, -0.05) is 12.5 Å². The Bertz CT molecular complexity index is 320. The number of rotatable bonds is 6. The van der Waals surface area contributed by atoms with Gasteiger partial charge in [0.2, 0.25) is 0 Å². The first-order valence-electron chi connectivity index (χ1n) is 7.15. The van der Waals surface area contributed by atoms with Gasteiger partial charge in [0.25, 0.3) is 0 Å². The second-order valence-corrected chi connectivity index (χ2v) is 5.39. The van der Waals surface area contributed by atoms with Gasteiger partial charge < -0.3 is 10.2 Å². The number of hydrogen-bond acceptors (Lipinski definition) is 3. The molecule has 1 unspecified atom stereocenters. The summed E-state index contributed by atoms with van der Waals surface area (Å²) in [5.41, 5.74) is 1.30. The van der Waals surface area contributed by atoms with Gasteiger partial charge in [-0.2, -0.15) is 0 Å². The number of nitrogens with one attached hydrogen (secondary N) is 1. The summed E-state index contributed by atoms with van der Waals surface area (Å²) in [5.74, 6) is 0. The normalized spacial score (nSPS) is 20.2. The van der Waals surface area contributed by atoms with E-state index in [2.05, 4.69) is 28.3 Å². The third-order valence-corrected chi connectivity index (χ3v) is 3.68. The lowest BCUT2D eigenvalue weighted by Crippen LogP contribution is -2.34. The van der Waals surface area contributed by atoms with Crippen LogP contribution < -0.4 is 5.32 Å². The number of aromatic nitrogens is 1. The second-order valence-electron chi connectivity index (χ2n) is 5.39. The SMILES string of the molecule is CN(CCCC1CCCCN1)Cc1cccnc1. The molecule has 3 nitrogen and oxygen atoms in total. The molecule has 18 heavy (non-hydrogen) atoms. The zero-order chi connectivity index (χ0) is 12.6. The fourth-order valence-electron chi connectivity index (χ4n) is 2.66. The third-order valence-electron chi connectivity index (χ3n) is 3.68. The van der Waals surface area contributed by atoms with Crippen LogP contribution in [0.15, 0.2) is 24.5 Å². The van der Waals surface area contributed by atoms with Gasteiger partial charge in [-0.05, 0) is 57.5 Å². The lowest BCUT2D eigenvalue weighted by molar-refractivity contribution is 0.297. The van der Waals surface area contributed by atoms with Crippen LogP contribution in [0.1, 0.15) is 37.7 Å². The maximum absolute atomic E-state index is 4.15. The Labute approximate surface area is 111 Å². The van der Waals surface area contributed by atoms with E-state index in [0.29, 0.717) is 0 Å². The number of pyridine rings is 1. The molecule has 2 rings (SSSR count). The van der Waals surface area contributed by atoms with E-state index in [1.54, 1.807) is 0 Å². The van der Waals surface area contributed by atoms with Gasteiger partial charge in [-0.25, -0.2) is 0 Å². The molecule has 0 aromatic carbocycles. The summed E-state index contributed by atoms with van der Waals surface area (Å²) in [6, 6.07) is 4.92. The van der Waals surface area contributed by atoms with E-state index in [1.807, 2.05) is 18.5 Å². The van der Waals surface area contributed by atoms with Crippen molar-refractivity contribution in [1.29, 1.82) is 0 Å². The van der Waals surface area contributed by atoms with Crippen molar-refractivity contribution >= 4 is 0 Å². The first kappa shape index (κ1) is 13.5. The molecule has 2 heterocycles. The highest BCUT2D eigenvalue weighted by molar-refractivity contribution is 5.07. The van der Waals surface area contributed by atoms with Gasteiger partial charge >= 0.3 is 0 Å². The molecule has 1 aliphatic heterocycles. The molecule has 1 saturated heterocycles. The average Bonchev–Trinajstić information content (AvgIpc) is 2.41. The summed E-state index contributed by atoms with van der Waals surface area (Å²) >= 11 is 0. The second kappa shape index (κ2) is 7.49.